The molecule has 1 saturated heterocycles. The van der Waals surface area contributed by atoms with Crippen molar-refractivity contribution in [3.8, 4) is 0 Å². The van der Waals surface area contributed by atoms with E-state index >= 15 is 0 Å². The highest BCUT2D eigenvalue weighted by Crippen LogP contribution is 2.33. The maximum atomic E-state index is 13.0. The molecule has 4 rings (SSSR count). The van der Waals surface area contributed by atoms with E-state index in [0.29, 0.717) is 25.5 Å². The number of fused-ring (bicyclic) bond motifs is 2. The van der Waals surface area contributed by atoms with E-state index in [4.69, 9.17) is 13.9 Å². The topological polar surface area (TPSA) is 64.8 Å². The molecule has 6 heteroatoms. The summed E-state index contributed by atoms with van der Waals surface area (Å²) in [5, 5.41) is 0. The van der Waals surface area contributed by atoms with Crippen molar-refractivity contribution in [2.24, 2.45) is 0 Å². The SMILES string of the molecule is Cc1ccoc1C(=O)N1CCO[C@H]2CC[C@H]1[C@H]2OCc1ccncc1. The zero-order chi connectivity index (χ0) is 17.2. The summed E-state index contributed by atoms with van der Waals surface area (Å²) in [6.07, 6.45) is 6.80. The number of nitrogens with zero attached hydrogens (tertiary/aromatic N) is 2. The Labute approximate surface area is 146 Å². The average molecular weight is 342 g/mol. The van der Waals surface area contributed by atoms with Gasteiger partial charge in [0.15, 0.2) is 5.76 Å². The molecule has 2 bridgehead atoms. The molecule has 2 fully saturated rings. The Kier molecular flexibility index (Phi) is 4.55. The first kappa shape index (κ1) is 16.3. The Morgan fingerprint density at radius 2 is 2.16 bits per heavy atom. The van der Waals surface area contributed by atoms with Crippen LogP contribution in [-0.4, -0.2) is 47.2 Å². The summed E-state index contributed by atoms with van der Waals surface area (Å²) >= 11 is 0. The molecule has 2 aromatic rings. The van der Waals surface area contributed by atoms with Crippen LogP contribution in [0.2, 0.25) is 0 Å². The van der Waals surface area contributed by atoms with Gasteiger partial charge in [0.2, 0.25) is 0 Å². The monoisotopic (exact) mass is 342 g/mol. The van der Waals surface area contributed by atoms with Crippen molar-refractivity contribution >= 4 is 5.91 Å². The first-order valence-corrected chi connectivity index (χ1v) is 8.71. The molecule has 0 spiro atoms. The summed E-state index contributed by atoms with van der Waals surface area (Å²) < 4.78 is 17.6. The first-order chi connectivity index (χ1) is 12.2. The van der Waals surface area contributed by atoms with Crippen molar-refractivity contribution in [1.82, 2.24) is 9.88 Å². The fourth-order valence-electron chi connectivity index (χ4n) is 3.76. The molecule has 0 aromatic carbocycles. The number of rotatable bonds is 4. The van der Waals surface area contributed by atoms with Gasteiger partial charge < -0.3 is 18.8 Å². The number of hydrogen-bond acceptors (Lipinski definition) is 5. The molecule has 2 aromatic heterocycles. The van der Waals surface area contributed by atoms with E-state index in [-0.39, 0.29) is 24.2 Å². The molecule has 3 heterocycles. The number of pyridine rings is 1. The van der Waals surface area contributed by atoms with Gasteiger partial charge >= 0.3 is 0 Å². The van der Waals surface area contributed by atoms with Gasteiger partial charge in [-0.15, -0.1) is 0 Å². The highest BCUT2D eigenvalue weighted by atomic mass is 16.5. The van der Waals surface area contributed by atoms with E-state index in [2.05, 4.69) is 4.98 Å². The maximum absolute atomic E-state index is 13.0. The van der Waals surface area contributed by atoms with E-state index in [1.165, 1.54) is 0 Å². The third-order valence-electron chi connectivity index (χ3n) is 5.07. The van der Waals surface area contributed by atoms with Gasteiger partial charge in [0.05, 0.1) is 31.6 Å². The second kappa shape index (κ2) is 6.98. The van der Waals surface area contributed by atoms with Crippen molar-refractivity contribution in [2.75, 3.05) is 13.2 Å². The zero-order valence-corrected chi connectivity index (χ0v) is 14.3. The van der Waals surface area contributed by atoms with Gasteiger partial charge in [-0.3, -0.25) is 9.78 Å². The second-order valence-corrected chi connectivity index (χ2v) is 6.62. The number of amides is 1. The van der Waals surface area contributed by atoms with Crippen molar-refractivity contribution in [3.05, 3.63) is 53.7 Å². The van der Waals surface area contributed by atoms with Gasteiger partial charge in [-0.1, -0.05) is 0 Å². The number of aryl methyl sites for hydroxylation is 1. The van der Waals surface area contributed by atoms with Crippen LogP contribution in [0.15, 0.2) is 41.3 Å². The van der Waals surface area contributed by atoms with Gasteiger partial charge in [-0.25, -0.2) is 0 Å². The molecule has 1 saturated carbocycles. The molecule has 6 nitrogen and oxygen atoms in total. The minimum absolute atomic E-state index is 0.0198. The van der Waals surface area contributed by atoms with Crippen molar-refractivity contribution in [1.29, 1.82) is 0 Å². The highest BCUT2D eigenvalue weighted by molar-refractivity contribution is 5.93. The zero-order valence-electron chi connectivity index (χ0n) is 14.3. The summed E-state index contributed by atoms with van der Waals surface area (Å²) in [6, 6.07) is 5.71. The summed E-state index contributed by atoms with van der Waals surface area (Å²) in [5.41, 5.74) is 1.93. The largest absolute Gasteiger partial charge is 0.459 e. The quantitative estimate of drug-likeness (QED) is 0.854. The number of furan rings is 1. The maximum Gasteiger partial charge on any atom is 0.290 e. The molecular formula is C19H22N2O4. The molecule has 3 atom stereocenters. The minimum Gasteiger partial charge on any atom is -0.459 e. The fourth-order valence-corrected chi connectivity index (χ4v) is 3.76. The fraction of sp³-hybridized carbons (Fsp3) is 0.474. The smallest absolute Gasteiger partial charge is 0.290 e. The third-order valence-corrected chi connectivity index (χ3v) is 5.07. The number of carbonyl (C=O) groups is 1. The van der Waals surface area contributed by atoms with Crippen LogP contribution in [0.3, 0.4) is 0 Å². The van der Waals surface area contributed by atoms with Gasteiger partial charge in [-0.05, 0) is 43.5 Å². The predicted octanol–water partition coefficient (Wildman–Crippen LogP) is 2.57. The van der Waals surface area contributed by atoms with Crippen LogP contribution < -0.4 is 0 Å². The van der Waals surface area contributed by atoms with Crippen LogP contribution in [0, 0.1) is 6.92 Å². The summed E-state index contributed by atoms with van der Waals surface area (Å²) in [5.74, 6) is 0.342. The highest BCUT2D eigenvalue weighted by Gasteiger charge is 2.45. The minimum atomic E-state index is -0.116. The first-order valence-electron chi connectivity index (χ1n) is 8.71. The van der Waals surface area contributed by atoms with Gasteiger partial charge in [0.25, 0.3) is 5.91 Å². The van der Waals surface area contributed by atoms with Crippen molar-refractivity contribution in [2.45, 2.75) is 44.6 Å². The number of carbonyl (C=O) groups excluding carboxylic acids is 1. The molecular weight excluding hydrogens is 320 g/mol. The summed E-state index contributed by atoms with van der Waals surface area (Å²) in [4.78, 5) is 18.9. The summed E-state index contributed by atoms with van der Waals surface area (Å²) in [7, 11) is 0. The Balaban J connectivity index is 1.52. The molecule has 132 valence electrons. The van der Waals surface area contributed by atoms with E-state index in [1.807, 2.05) is 30.0 Å². The van der Waals surface area contributed by atoms with Crippen LogP contribution in [0.5, 0.6) is 0 Å². The predicted molar refractivity (Wildman–Crippen MR) is 90.1 cm³/mol. The molecule has 25 heavy (non-hydrogen) atoms. The normalized spacial score (nSPS) is 25.8. The van der Waals surface area contributed by atoms with Gasteiger partial charge in [-0.2, -0.15) is 0 Å². The molecule has 0 radical (unpaired) electrons. The Hall–Kier alpha value is -2.18. The van der Waals surface area contributed by atoms with E-state index < -0.39 is 0 Å². The molecule has 2 aliphatic rings. The molecule has 1 aliphatic carbocycles. The lowest BCUT2D eigenvalue weighted by Crippen LogP contribution is -2.46. The number of hydrogen-bond donors (Lipinski definition) is 0. The molecule has 1 aliphatic heterocycles. The van der Waals surface area contributed by atoms with Gasteiger partial charge in [0.1, 0.15) is 6.10 Å². The van der Waals surface area contributed by atoms with Crippen molar-refractivity contribution in [3.63, 3.8) is 0 Å². The molecule has 1 amide bonds. The Morgan fingerprint density at radius 3 is 2.92 bits per heavy atom. The average Bonchev–Trinajstić information content (AvgIpc) is 3.17. The third kappa shape index (κ3) is 3.19. The standard InChI is InChI=1S/C19H22N2O4/c1-13-6-10-24-17(13)19(22)21-9-11-23-16-3-2-15(21)18(16)25-12-14-4-7-20-8-5-14/h4-8,10,15-16,18H,2-3,9,11-12H2,1H3/t15-,16-,18+/m0/s1. The lowest BCUT2D eigenvalue weighted by Gasteiger charge is -2.30. The van der Waals surface area contributed by atoms with Crippen LogP contribution in [0.1, 0.15) is 34.5 Å². The molecule has 0 unspecified atom stereocenters. The van der Waals surface area contributed by atoms with Crippen LogP contribution in [0.4, 0.5) is 0 Å². The number of aromatic nitrogens is 1. The second-order valence-electron chi connectivity index (χ2n) is 6.62. The molecule has 0 N–H and O–H groups in total. The Morgan fingerprint density at radius 1 is 1.32 bits per heavy atom. The number of ether oxygens (including phenoxy) is 2. The van der Waals surface area contributed by atoms with Crippen LogP contribution in [-0.2, 0) is 16.1 Å². The van der Waals surface area contributed by atoms with E-state index in [0.717, 1.165) is 24.0 Å². The van der Waals surface area contributed by atoms with Crippen LogP contribution in [0.25, 0.3) is 0 Å². The lowest BCUT2D eigenvalue weighted by molar-refractivity contribution is -0.0598. The van der Waals surface area contributed by atoms with E-state index in [9.17, 15) is 4.79 Å². The van der Waals surface area contributed by atoms with Crippen LogP contribution >= 0.6 is 0 Å². The Bertz CT molecular complexity index is 730. The lowest BCUT2D eigenvalue weighted by atomic mass is 10.1. The van der Waals surface area contributed by atoms with E-state index in [1.54, 1.807) is 18.7 Å². The van der Waals surface area contributed by atoms with Crippen molar-refractivity contribution < 1.29 is 18.7 Å². The summed E-state index contributed by atoms with van der Waals surface area (Å²) in [6.45, 7) is 3.47. The van der Waals surface area contributed by atoms with Gasteiger partial charge in [0, 0.05) is 24.5 Å².